The molecule has 0 radical (unpaired) electrons. The number of nitrogens with two attached hydrogens (primary N) is 1. The van der Waals surface area contributed by atoms with E-state index < -0.39 is 0 Å². The summed E-state index contributed by atoms with van der Waals surface area (Å²) in [4.78, 5) is 23.2. The molecule has 0 spiro atoms. The van der Waals surface area contributed by atoms with Gasteiger partial charge in [-0.3, -0.25) is 9.59 Å². The summed E-state index contributed by atoms with van der Waals surface area (Å²) in [5.41, 5.74) is 6.30. The first kappa shape index (κ1) is 17.5. The monoisotopic (exact) mass is 318 g/mol. The van der Waals surface area contributed by atoms with Gasteiger partial charge in [-0.15, -0.1) is 0 Å². The van der Waals surface area contributed by atoms with E-state index >= 15 is 0 Å². The van der Waals surface area contributed by atoms with E-state index in [1.54, 1.807) is 24.3 Å². The predicted molar refractivity (Wildman–Crippen MR) is 89.6 cm³/mol. The molecule has 5 nitrogen and oxygen atoms in total. The summed E-state index contributed by atoms with van der Waals surface area (Å²) in [6.45, 7) is 2.52. The van der Waals surface area contributed by atoms with Gasteiger partial charge in [0.1, 0.15) is 5.75 Å². The molecule has 1 saturated carbocycles. The van der Waals surface area contributed by atoms with Gasteiger partial charge in [0.15, 0.2) is 5.78 Å². The van der Waals surface area contributed by atoms with Crippen LogP contribution in [0.25, 0.3) is 0 Å². The highest BCUT2D eigenvalue weighted by molar-refractivity contribution is 5.94. The predicted octanol–water partition coefficient (Wildman–Crippen LogP) is 2.44. The fourth-order valence-corrected chi connectivity index (χ4v) is 3.00. The van der Waals surface area contributed by atoms with Crippen molar-refractivity contribution in [3.05, 3.63) is 29.8 Å². The Morgan fingerprint density at radius 2 is 1.87 bits per heavy atom. The Kier molecular flexibility index (Phi) is 6.16. The van der Waals surface area contributed by atoms with Crippen LogP contribution in [0.15, 0.2) is 24.3 Å². The molecule has 0 aromatic heterocycles. The summed E-state index contributed by atoms with van der Waals surface area (Å²) in [6, 6.07) is 7.04. The van der Waals surface area contributed by atoms with Crippen LogP contribution >= 0.6 is 0 Å². The summed E-state index contributed by atoms with van der Waals surface area (Å²) < 4.78 is 5.60. The largest absolute Gasteiger partial charge is 0.494 e. The lowest BCUT2D eigenvalue weighted by molar-refractivity contribution is -0.123. The van der Waals surface area contributed by atoms with Gasteiger partial charge >= 0.3 is 0 Å². The normalized spacial score (nSPS) is 16.1. The van der Waals surface area contributed by atoms with Crippen LogP contribution in [0.2, 0.25) is 0 Å². The van der Waals surface area contributed by atoms with Gasteiger partial charge in [-0.1, -0.05) is 12.8 Å². The minimum Gasteiger partial charge on any atom is -0.494 e. The third kappa shape index (κ3) is 5.06. The highest BCUT2D eigenvalue weighted by Gasteiger charge is 2.33. The van der Waals surface area contributed by atoms with Crippen molar-refractivity contribution in [1.29, 1.82) is 0 Å². The van der Waals surface area contributed by atoms with Crippen molar-refractivity contribution < 1.29 is 14.3 Å². The van der Waals surface area contributed by atoms with E-state index in [9.17, 15) is 9.59 Å². The lowest BCUT2D eigenvalue weighted by Gasteiger charge is -2.28. The summed E-state index contributed by atoms with van der Waals surface area (Å²) in [5.74, 6) is 0.798. The maximum atomic E-state index is 12.0. The van der Waals surface area contributed by atoms with Gasteiger partial charge in [-0.2, -0.15) is 0 Å². The Hall–Kier alpha value is -1.88. The van der Waals surface area contributed by atoms with E-state index in [-0.39, 0.29) is 17.2 Å². The van der Waals surface area contributed by atoms with Crippen molar-refractivity contribution in [3.8, 4) is 5.75 Å². The van der Waals surface area contributed by atoms with Crippen molar-refractivity contribution in [2.24, 2.45) is 5.73 Å². The van der Waals surface area contributed by atoms with E-state index in [0.717, 1.165) is 25.7 Å². The maximum absolute atomic E-state index is 12.0. The first-order chi connectivity index (χ1) is 11.0. The van der Waals surface area contributed by atoms with Crippen molar-refractivity contribution >= 4 is 11.7 Å². The molecular weight excluding hydrogens is 292 g/mol. The molecule has 1 fully saturated rings. The standard InChI is InChI=1S/C18H26N2O3/c1-14(21)15-6-8-16(9-7-15)23-12-4-5-17(22)20-18(13-19)10-2-3-11-18/h6-9H,2-5,10-13,19H2,1H3,(H,20,22). The zero-order valence-corrected chi connectivity index (χ0v) is 13.8. The van der Waals surface area contributed by atoms with Crippen LogP contribution in [-0.2, 0) is 4.79 Å². The van der Waals surface area contributed by atoms with Gasteiger partial charge in [-0.25, -0.2) is 0 Å². The summed E-state index contributed by atoms with van der Waals surface area (Å²) in [5, 5.41) is 3.10. The lowest BCUT2D eigenvalue weighted by Crippen LogP contribution is -2.51. The molecule has 1 aromatic rings. The van der Waals surface area contributed by atoms with Crippen molar-refractivity contribution in [2.75, 3.05) is 13.2 Å². The zero-order chi connectivity index (χ0) is 16.7. The topological polar surface area (TPSA) is 81.4 Å². The van der Waals surface area contributed by atoms with E-state index in [0.29, 0.717) is 37.3 Å². The Morgan fingerprint density at radius 3 is 2.43 bits per heavy atom. The smallest absolute Gasteiger partial charge is 0.220 e. The average Bonchev–Trinajstić information content (AvgIpc) is 3.01. The summed E-state index contributed by atoms with van der Waals surface area (Å²) in [6.07, 6.45) is 5.32. The zero-order valence-electron chi connectivity index (χ0n) is 13.8. The number of rotatable bonds is 8. The third-order valence-electron chi connectivity index (χ3n) is 4.43. The van der Waals surface area contributed by atoms with Crippen LogP contribution in [0, 0.1) is 0 Å². The number of ketones is 1. The van der Waals surface area contributed by atoms with Gasteiger partial charge in [0, 0.05) is 18.5 Å². The summed E-state index contributed by atoms with van der Waals surface area (Å²) in [7, 11) is 0. The second-order valence-corrected chi connectivity index (χ2v) is 6.27. The van der Waals surface area contributed by atoms with Gasteiger partial charge in [0.05, 0.1) is 12.1 Å². The van der Waals surface area contributed by atoms with Crippen LogP contribution in [-0.4, -0.2) is 30.4 Å². The molecule has 1 aromatic carbocycles. The SMILES string of the molecule is CC(=O)c1ccc(OCCCC(=O)NC2(CN)CCCC2)cc1. The molecule has 0 saturated heterocycles. The fourth-order valence-electron chi connectivity index (χ4n) is 3.00. The molecule has 3 N–H and O–H groups in total. The second-order valence-electron chi connectivity index (χ2n) is 6.27. The second kappa shape index (κ2) is 8.11. The number of carbonyl (C=O) groups excluding carboxylic acids is 2. The first-order valence-electron chi connectivity index (χ1n) is 8.29. The molecule has 0 bridgehead atoms. The maximum Gasteiger partial charge on any atom is 0.220 e. The van der Waals surface area contributed by atoms with Crippen molar-refractivity contribution in [2.45, 2.75) is 51.0 Å². The Labute approximate surface area is 137 Å². The molecule has 5 heteroatoms. The first-order valence-corrected chi connectivity index (χ1v) is 8.29. The van der Waals surface area contributed by atoms with E-state index in [1.807, 2.05) is 0 Å². The molecular formula is C18H26N2O3. The lowest BCUT2D eigenvalue weighted by atomic mass is 9.97. The third-order valence-corrected chi connectivity index (χ3v) is 4.43. The highest BCUT2D eigenvalue weighted by atomic mass is 16.5. The van der Waals surface area contributed by atoms with Crippen LogP contribution in [0.4, 0.5) is 0 Å². The molecule has 0 atom stereocenters. The van der Waals surface area contributed by atoms with Crippen molar-refractivity contribution in [1.82, 2.24) is 5.32 Å². The molecule has 2 rings (SSSR count). The van der Waals surface area contributed by atoms with Gasteiger partial charge < -0.3 is 15.8 Å². The molecule has 0 heterocycles. The molecule has 0 unspecified atom stereocenters. The molecule has 1 amide bonds. The van der Waals surface area contributed by atoms with Crippen LogP contribution in [0.5, 0.6) is 5.75 Å². The number of hydrogen-bond donors (Lipinski definition) is 2. The highest BCUT2D eigenvalue weighted by Crippen LogP contribution is 2.28. The molecule has 1 aliphatic rings. The van der Waals surface area contributed by atoms with Gasteiger partial charge in [0.2, 0.25) is 5.91 Å². The quantitative estimate of drug-likeness (QED) is 0.570. The minimum absolute atomic E-state index is 0.0361. The number of benzene rings is 1. The number of ether oxygens (including phenoxy) is 1. The Balaban J connectivity index is 1.68. The number of carbonyl (C=O) groups is 2. The number of amides is 1. The molecule has 1 aliphatic carbocycles. The average molecular weight is 318 g/mol. The number of hydrogen-bond acceptors (Lipinski definition) is 4. The van der Waals surface area contributed by atoms with Crippen LogP contribution in [0.1, 0.15) is 55.8 Å². The van der Waals surface area contributed by atoms with Crippen molar-refractivity contribution in [3.63, 3.8) is 0 Å². The van der Waals surface area contributed by atoms with Gasteiger partial charge in [-0.05, 0) is 50.5 Å². The van der Waals surface area contributed by atoms with Crippen LogP contribution < -0.4 is 15.8 Å². The Bertz CT molecular complexity index is 534. The summed E-state index contributed by atoms with van der Waals surface area (Å²) >= 11 is 0. The van der Waals surface area contributed by atoms with E-state index in [2.05, 4.69) is 5.32 Å². The molecule has 23 heavy (non-hydrogen) atoms. The molecule has 126 valence electrons. The van der Waals surface area contributed by atoms with Crippen LogP contribution in [0.3, 0.4) is 0 Å². The fraction of sp³-hybridized carbons (Fsp3) is 0.556. The number of Topliss-reactive ketones (excluding diaryl/α,β-unsaturated/α-hetero) is 1. The van der Waals surface area contributed by atoms with E-state index in [4.69, 9.17) is 10.5 Å². The Morgan fingerprint density at radius 1 is 1.22 bits per heavy atom. The number of nitrogens with one attached hydrogen (secondary N) is 1. The van der Waals surface area contributed by atoms with Gasteiger partial charge in [0.25, 0.3) is 0 Å². The minimum atomic E-state index is -0.180. The van der Waals surface area contributed by atoms with E-state index in [1.165, 1.54) is 6.92 Å². The molecule has 0 aliphatic heterocycles.